The fourth-order valence-electron chi connectivity index (χ4n) is 4.35. The van der Waals surface area contributed by atoms with Crippen molar-refractivity contribution in [1.82, 2.24) is 23.6 Å². The van der Waals surface area contributed by atoms with Crippen LogP contribution in [0.5, 0.6) is 0 Å². The van der Waals surface area contributed by atoms with Gasteiger partial charge in [0.15, 0.2) is 16.9 Å². The Bertz CT molecular complexity index is 1250. The predicted molar refractivity (Wildman–Crippen MR) is 116 cm³/mol. The van der Waals surface area contributed by atoms with Gasteiger partial charge in [0.1, 0.15) is 5.82 Å². The molecule has 0 radical (unpaired) electrons. The molecular weight excluding hydrogens is 417 g/mol. The molecule has 0 amide bonds. The number of fused-ring (bicyclic) bond motifs is 1. The average molecular weight is 443 g/mol. The number of carbonyl (C=O) groups is 1. The van der Waals surface area contributed by atoms with Crippen LogP contribution in [0, 0.1) is 11.7 Å². The minimum Gasteiger partial charge on any atom is -0.390 e. The second-order valence-electron chi connectivity index (χ2n) is 8.37. The average Bonchev–Trinajstić information content (AvgIpc) is 3.20. The number of likely N-dealkylation sites (tertiary alicyclic amines) is 1. The SMILES string of the molecule is Cn1c(=O)c2c(ncn2CC(O)CN2CCC(C(=O)c3ccc(F)cc3)CC2)n(C)c1=O. The van der Waals surface area contributed by atoms with E-state index in [2.05, 4.69) is 9.88 Å². The molecule has 1 atom stereocenters. The Morgan fingerprint density at radius 1 is 1.12 bits per heavy atom. The number of hydrogen-bond donors (Lipinski definition) is 1. The zero-order valence-corrected chi connectivity index (χ0v) is 18.1. The van der Waals surface area contributed by atoms with Crippen LogP contribution in [0.4, 0.5) is 4.39 Å². The lowest BCUT2D eigenvalue weighted by molar-refractivity contribution is 0.0684. The highest BCUT2D eigenvalue weighted by atomic mass is 19.1. The van der Waals surface area contributed by atoms with Crippen molar-refractivity contribution in [1.29, 1.82) is 0 Å². The highest BCUT2D eigenvalue weighted by Gasteiger charge is 2.27. The number of hydrogen-bond acceptors (Lipinski definition) is 6. The van der Waals surface area contributed by atoms with Gasteiger partial charge in [0.2, 0.25) is 0 Å². The molecule has 9 nitrogen and oxygen atoms in total. The molecule has 1 N–H and O–H groups in total. The van der Waals surface area contributed by atoms with Crippen LogP contribution in [-0.2, 0) is 20.6 Å². The third-order valence-electron chi connectivity index (χ3n) is 6.18. The highest BCUT2D eigenvalue weighted by molar-refractivity contribution is 5.97. The summed E-state index contributed by atoms with van der Waals surface area (Å²) in [5.41, 5.74) is 0.176. The first-order valence-electron chi connectivity index (χ1n) is 10.6. The van der Waals surface area contributed by atoms with Crippen LogP contribution < -0.4 is 11.2 Å². The number of aliphatic hydroxyl groups excluding tert-OH is 1. The summed E-state index contributed by atoms with van der Waals surface area (Å²) in [5, 5.41) is 10.6. The van der Waals surface area contributed by atoms with E-state index >= 15 is 0 Å². The van der Waals surface area contributed by atoms with Gasteiger partial charge in [-0.05, 0) is 50.2 Å². The maximum Gasteiger partial charge on any atom is 0.332 e. The number of halogens is 1. The maximum absolute atomic E-state index is 13.1. The number of Topliss-reactive ketones (excluding diaryl/α,β-unsaturated/α-hetero) is 1. The summed E-state index contributed by atoms with van der Waals surface area (Å²) in [6.45, 7) is 1.88. The van der Waals surface area contributed by atoms with Gasteiger partial charge in [-0.1, -0.05) is 0 Å². The number of nitrogens with zero attached hydrogens (tertiary/aromatic N) is 5. The van der Waals surface area contributed by atoms with E-state index < -0.39 is 17.4 Å². The van der Waals surface area contributed by atoms with Crippen molar-refractivity contribution in [2.75, 3.05) is 19.6 Å². The van der Waals surface area contributed by atoms with Crippen molar-refractivity contribution in [2.45, 2.75) is 25.5 Å². The maximum atomic E-state index is 13.1. The van der Waals surface area contributed by atoms with Crippen LogP contribution in [0.15, 0.2) is 40.2 Å². The normalized spacial score (nSPS) is 16.5. The predicted octanol–water partition coefficient (Wildman–Crippen LogP) is 0.529. The number of piperidine rings is 1. The molecule has 3 aromatic rings. The van der Waals surface area contributed by atoms with E-state index in [4.69, 9.17) is 0 Å². The smallest absolute Gasteiger partial charge is 0.332 e. The lowest BCUT2D eigenvalue weighted by Gasteiger charge is -2.32. The van der Waals surface area contributed by atoms with Gasteiger partial charge in [0.05, 0.1) is 19.0 Å². The first-order valence-corrected chi connectivity index (χ1v) is 10.6. The molecule has 1 saturated heterocycles. The summed E-state index contributed by atoms with van der Waals surface area (Å²) < 4.78 is 17.0. The second kappa shape index (κ2) is 8.79. The molecule has 0 spiro atoms. The minimum atomic E-state index is -0.751. The van der Waals surface area contributed by atoms with E-state index in [0.717, 1.165) is 4.57 Å². The standard InChI is InChI=1S/C22H26FN5O4/c1-25-20-18(21(31)26(2)22(25)32)28(13-24-20)12-17(29)11-27-9-7-15(8-10-27)19(30)14-3-5-16(23)6-4-14/h3-6,13,15,17,29H,7-12H2,1-2H3. The van der Waals surface area contributed by atoms with Crippen molar-refractivity contribution in [3.63, 3.8) is 0 Å². The summed E-state index contributed by atoms with van der Waals surface area (Å²) in [6.07, 6.45) is 2.04. The van der Waals surface area contributed by atoms with Crippen molar-refractivity contribution in [2.24, 2.45) is 20.0 Å². The number of benzene rings is 1. The van der Waals surface area contributed by atoms with Crippen LogP contribution in [-0.4, -0.2) is 60.2 Å². The Hall–Kier alpha value is -3.11. The molecule has 10 heteroatoms. The van der Waals surface area contributed by atoms with Crippen molar-refractivity contribution >= 4 is 16.9 Å². The lowest BCUT2D eigenvalue weighted by atomic mass is 9.89. The van der Waals surface area contributed by atoms with Gasteiger partial charge < -0.3 is 14.6 Å². The topological polar surface area (TPSA) is 102 Å². The number of β-amino-alcohol motifs (C(OH)–C–C–N with tert-alkyl or cyclic N) is 1. The molecule has 0 bridgehead atoms. The van der Waals surface area contributed by atoms with E-state index in [1.807, 2.05) is 0 Å². The fourth-order valence-corrected chi connectivity index (χ4v) is 4.35. The molecule has 2 aromatic heterocycles. The Labute approximate surface area is 183 Å². The summed E-state index contributed by atoms with van der Waals surface area (Å²) in [5.74, 6) is -0.455. The van der Waals surface area contributed by atoms with Gasteiger partial charge in [-0.3, -0.25) is 18.7 Å². The highest BCUT2D eigenvalue weighted by Crippen LogP contribution is 2.22. The van der Waals surface area contributed by atoms with Crippen LogP contribution in [0.3, 0.4) is 0 Å². The number of carbonyl (C=O) groups excluding carboxylic acids is 1. The monoisotopic (exact) mass is 443 g/mol. The Morgan fingerprint density at radius 3 is 2.44 bits per heavy atom. The van der Waals surface area contributed by atoms with Crippen molar-refractivity contribution in [3.05, 3.63) is 62.8 Å². The molecule has 3 heterocycles. The van der Waals surface area contributed by atoms with Gasteiger partial charge in [-0.25, -0.2) is 14.2 Å². The summed E-state index contributed by atoms with van der Waals surface area (Å²) in [4.78, 5) is 43.5. The zero-order valence-electron chi connectivity index (χ0n) is 18.1. The number of imidazole rings is 1. The molecule has 1 unspecified atom stereocenters. The molecule has 1 aliphatic rings. The molecule has 1 fully saturated rings. The van der Waals surface area contributed by atoms with Crippen molar-refractivity contribution < 1.29 is 14.3 Å². The van der Waals surface area contributed by atoms with Gasteiger partial charge in [-0.2, -0.15) is 0 Å². The Morgan fingerprint density at radius 2 is 1.78 bits per heavy atom. The number of rotatable bonds is 6. The van der Waals surface area contributed by atoms with E-state index in [1.54, 1.807) is 11.6 Å². The molecule has 0 saturated carbocycles. The fraction of sp³-hybridized carbons (Fsp3) is 0.455. The zero-order chi connectivity index (χ0) is 23.0. The molecule has 0 aliphatic carbocycles. The lowest BCUT2D eigenvalue weighted by Crippen LogP contribution is -2.42. The third kappa shape index (κ3) is 4.15. The summed E-state index contributed by atoms with van der Waals surface area (Å²) >= 11 is 0. The van der Waals surface area contributed by atoms with Gasteiger partial charge in [-0.15, -0.1) is 0 Å². The quantitative estimate of drug-likeness (QED) is 0.558. The Balaban J connectivity index is 1.37. The first-order chi connectivity index (χ1) is 15.3. The molecule has 32 heavy (non-hydrogen) atoms. The second-order valence-corrected chi connectivity index (χ2v) is 8.37. The largest absolute Gasteiger partial charge is 0.390 e. The number of aliphatic hydroxyl groups is 1. The van der Waals surface area contributed by atoms with Crippen LogP contribution in [0.25, 0.3) is 11.2 Å². The summed E-state index contributed by atoms with van der Waals surface area (Å²) in [6, 6.07) is 5.63. The van der Waals surface area contributed by atoms with E-state index in [-0.39, 0.29) is 35.2 Å². The van der Waals surface area contributed by atoms with E-state index in [1.165, 1.54) is 42.2 Å². The van der Waals surface area contributed by atoms with Crippen LogP contribution >= 0.6 is 0 Å². The van der Waals surface area contributed by atoms with Gasteiger partial charge in [0, 0.05) is 32.1 Å². The number of aryl methyl sites for hydroxylation is 1. The van der Waals surface area contributed by atoms with E-state index in [9.17, 15) is 23.9 Å². The number of aromatic nitrogens is 4. The molecule has 1 aliphatic heterocycles. The molecular formula is C22H26FN5O4. The minimum absolute atomic E-state index is 0.0246. The van der Waals surface area contributed by atoms with Crippen molar-refractivity contribution in [3.8, 4) is 0 Å². The Kier molecular flexibility index (Phi) is 6.07. The molecule has 1 aromatic carbocycles. The van der Waals surface area contributed by atoms with Crippen LogP contribution in [0.2, 0.25) is 0 Å². The number of ketones is 1. The summed E-state index contributed by atoms with van der Waals surface area (Å²) in [7, 11) is 2.96. The van der Waals surface area contributed by atoms with Gasteiger partial charge in [0.25, 0.3) is 5.56 Å². The molecule has 4 rings (SSSR count). The van der Waals surface area contributed by atoms with Gasteiger partial charge >= 0.3 is 5.69 Å². The van der Waals surface area contributed by atoms with E-state index in [0.29, 0.717) is 38.0 Å². The molecule has 170 valence electrons. The first kappa shape index (κ1) is 22.1. The third-order valence-corrected chi connectivity index (χ3v) is 6.18. The van der Waals surface area contributed by atoms with Crippen LogP contribution in [0.1, 0.15) is 23.2 Å².